The molecule has 0 aromatic heterocycles. The van der Waals surface area contributed by atoms with Gasteiger partial charge in [-0.05, 0) is 135 Å². The van der Waals surface area contributed by atoms with Crippen LogP contribution < -0.4 is 41.3 Å². The molecule has 10 radical (unpaired) electrons. The molecular weight excluding hydrogens is 1090 g/mol. The number of nitrogens with zero attached hydrogens (tertiary/aromatic N) is 1. The zero-order valence-electron chi connectivity index (χ0n) is 44.1. The SMILES string of the molecule is COc1ccc([C@](C#N)(C[C@H]([C-]=O)CC[C-]=O)C(C)C)cc1OC.[C-]#[O+].[C-]#[O+].[CH]1[CH][CH][CH][CH]1.[CH]1[CH][CH][CH][CH]1.[Fe+2].[Fe+2].c1ccc(P(c2ccccc2)c2ccccc2)cc1.c1ccc(P(c2ccccc2)c2ccccc2)cc1. The van der Waals surface area contributed by atoms with E-state index in [9.17, 15) is 14.9 Å². The molecule has 0 N–H and O–H groups in total. The Labute approximate surface area is 490 Å². The fraction of sp³-hybridized carbons (Fsp3) is 0.149. The molecule has 0 spiro atoms. The molecule has 7 aromatic carbocycles. The molecule has 2 aliphatic rings. The first kappa shape index (κ1) is 70.4. The third-order valence-corrected chi connectivity index (χ3v) is 16.5. The number of benzene rings is 7. The summed E-state index contributed by atoms with van der Waals surface area (Å²) in [6, 6.07) is 72.4. The predicted molar refractivity (Wildman–Crippen MR) is 312 cm³/mol. The number of carbonyl (C=O) groups excluding carboxylic acids is 2. The summed E-state index contributed by atoms with van der Waals surface area (Å²) in [5, 5.41) is 18.3. The number of ether oxygens (including phenoxy) is 2. The van der Waals surface area contributed by atoms with Crippen LogP contribution in [-0.2, 0) is 58.4 Å². The van der Waals surface area contributed by atoms with Gasteiger partial charge in [0.2, 0.25) is 0 Å². The van der Waals surface area contributed by atoms with Crippen molar-refractivity contribution in [2.45, 2.75) is 38.5 Å². The number of hydrogen-bond acceptors (Lipinski definition) is 5. The molecular formula is C67H63Fe2NO6P2+2. The van der Waals surface area contributed by atoms with E-state index in [2.05, 4.69) is 201 Å². The summed E-state index contributed by atoms with van der Waals surface area (Å²) in [6.45, 7) is 12.9. The van der Waals surface area contributed by atoms with Crippen LogP contribution in [0.15, 0.2) is 200 Å². The van der Waals surface area contributed by atoms with E-state index in [1.165, 1.54) is 38.9 Å². The van der Waals surface area contributed by atoms with E-state index in [0.717, 1.165) is 5.56 Å². The fourth-order valence-electron chi connectivity index (χ4n) is 7.86. The van der Waals surface area contributed by atoms with Crippen LogP contribution in [0.25, 0.3) is 0 Å². The molecule has 2 saturated carbocycles. The van der Waals surface area contributed by atoms with Crippen molar-refractivity contribution in [3.05, 3.63) is 283 Å². The van der Waals surface area contributed by atoms with Crippen LogP contribution in [0.4, 0.5) is 0 Å². The van der Waals surface area contributed by atoms with E-state index in [1.807, 2.05) is 90.4 Å². The smallest absolute Gasteiger partial charge is 0.0622 e. The number of hydrogen-bond donors (Lipinski definition) is 0. The van der Waals surface area contributed by atoms with Gasteiger partial charge in [0.15, 0.2) is 11.5 Å². The van der Waals surface area contributed by atoms with Gasteiger partial charge >= 0.3 is 56.7 Å². The molecule has 0 aliphatic heterocycles. The van der Waals surface area contributed by atoms with Crippen molar-refractivity contribution in [2.75, 3.05) is 14.2 Å². The third kappa shape index (κ3) is 23.8. The first-order valence-electron chi connectivity index (χ1n) is 24.4. The molecule has 0 bridgehead atoms. The largest absolute Gasteiger partial charge is 2.00 e. The molecule has 0 heterocycles. The summed E-state index contributed by atoms with van der Waals surface area (Å²) in [7, 11) is 2.19. The summed E-state index contributed by atoms with van der Waals surface area (Å²) in [5.74, 6) is 0.562. The Kier molecular flexibility index (Phi) is 39.0. The Bertz CT molecular complexity index is 2350. The quantitative estimate of drug-likeness (QED) is 0.0414. The van der Waals surface area contributed by atoms with Gasteiger partial charge in [-0.2, -0.15) is 11.7 Å². The number of rotatable bonds is 16. The molecule has 7 nitrogen and oxygen atoms in total. The molecule has 0 unspecified atom stereocenters. The normalized spacial score (nSPS) is 12.7. The van der Waals surface area contributed by atoms with E-state index in [4.69, 9.17) is 18.8 Å². The Morgan fingerprint density at radius 2 is 0.769 bits per heavy atom. The minimum Gasteiger partial charge on any atom is -0.0622 e. The van der Waals surface area contributed by atoms with Gasteiger partial charge in [-0.1, -0.05) is 215 Å². The molecule has 9 rings (SSSR count). The first-order chi connectivity index (χ1) is 37.4. The van der Waals surface area contributed by atoms with Crippen molar-refractivity contribution in [1.82, 2.24) is 0 Å². The van der Waals surface area contributed by atoms with Crippen LogP contribution in [-0.4, -0.2) is 26.8 Å². The van der Waals surface area contributed by atoms with Crippen LogP contribution >= 0.6 is 15.8 Å². The van der Waals surface area contributed by atoms with Gasteiger partial charge in [0.05, 0.1) is 25.7 Å². The Balaban J connectivity index is 0.000000515. The van der Waals surface area contributed by atoms with Crippen LogP contribution in [0.1, 0.15) is 38.7 Å². The Morgan fingerprint density at radius 3 is 0.987 bits per heavy atom. The second-order valence-electron chi connectivity index (χ2n) is 16.6. The van der Waals surface area contributed by atoms with Gasteiger partial charge in [-0.3, -0.25) is 12.6 Å². The summed E-state index contributed by atoms with van der Waals surface area (Å²) < 4.78 is 25.6. The molecule has 7 aromatic rings. The maximum Gasteiger partial charge on any atom is 2.00 e. The minimum atomic E-state index is -0.884. The van der Waals surface area contributed by atoms with Gasteiger partial charge in [0.25, 0.3) is 0 Å². The first-order valence-corrected chi connectivity index (χ1v) is 27.1. The predicted octanol–water partition coefficient (Wildman–Crippen LogP) is 12.0. The van der Waals surface area contributed by atoms with Crippen molar-refractivity contribution < 1.29 is 62.5 Å². The van der Waals surface area contributed by atoms with E-state index in [0.29, 0.717) is 24.3 Å². The third-order valence-electron chi connectivity index (χ3n) is 11.6. The number of nitriles is 1. The average Bonchev–Trinajstić information content (AvgIpc) is 4.35. The van der Waals surface area contributed by atoms with Crippen molar-refractivity contribution in [2.24, 2.45) is 11.8 Å². The molecule has 0 saturated heterocycles. The second-order valence-corrected chi connectivity index (χ2v) is 21.1. The minimum absolute atomic E-state index is 0. The van der Waals surface area contributed by atoms with Crippen LogP contribution in [0.2, 0.25) is 0 Å². The van der Waals surface area contributed by atoms with Gasteiger partial charge in [-0.25, -0.2) is 0 Å². The van der Waals surface area contributed by atoms with Crippen LogP contribution in [0.3, 0.4) is 0 Å². The maximum atomic E-state index is 11.3. The van der Waals surface area contributed by atoms with Crippen molar-refractivity contribution in [3.8, 4) is 17.6 Å². The van der Waals surface area contributed by atoms with E-state index >= 15 is 0 Å². The average molecular weight is 1150 g/mol. The summed E-state index contributed by atoms with van der Waals surface area (Å²) in [6.07, 6.45) is 24.6. The molecule has 11 heteroatoms. The molecule has 2 aliphatic carbocycles. The fourth-order valence-corrected chi connectivity index (χ4v) is 12.5. The number of methoxy groups -OCH3 is 2. The van der Waals surface area contributed by atoms with Crippen molar-refractivity contribution in [3.63, 3.8) is 0 Å². The summed E-state index contributed by atoms with van der Waals surface area (Å²) >= 11 is 0. The van der Waals surface area contributed by atoms with Gasteiger partial charge in [0, 0.05) is 0 Å². The molecule has 396 valence electrons. The van der Waals surface area contributed by atoms with E-state index < -0.39 is 27.2 Å². The Hall–Kier alpha value is -5.65. The van der Waals surface area contributed by atoms with Gasteiger partial charge in [-0.15, -0.1) is 5.92 Å². The van der Waals surface area contributed by atoms with Gasteiger partial charge in [0.1, 0.15) is 0 Å². The molecule has 0 amide bonds. The van der Waals surface area contributed by atoms with Crippen molar-refractivity contribution in [1.29, 1.82) is 5.26 Å². The second kappa shape index (κ2) is 43.3. The summed E-state index contributed by atoms with van der Waals surface area (Å²) in [5.41, 5.74) is -0.127. The standard InChI is InChI=1S/C19H23NO4.2C18H15P.2C5H5.2CO.2Fe/c1-14(2)19(13-20,11-15(12-22)6-5-9-21)16-7-8-17(23-3)18(10-16)24-4;2*1-4-10-16(11-5-1)19(17-12-6-2-7-13-17)18-14-8-3-9-15-18;2*1-2-4-5-3-1;2*1-2;;/h7-8,10,14-15H,5-6,11H2,1-4H3;2*1-15H;2*1-5H;;;;/q-2;;;;;;;2*+2/t15-,19+;;;;;;;;/m1......../s1. The van der Waals surface area contributed by atoms with Crippen LogP contribution in [0.5, 0.6) is 11.5 Å². The topological polar surface area (TPSA) is 116 Å². The molecule has 2 atom stereocenters. The Morgan fingerprint density at radius 1 is 0.487 bits per heavy atom. The van der Waals surface area contributed by atoms with Crippen molar-refractivity contribution >= 4 is 60.2 Å². The van der Waals surface area contributed by atoms with Gasteiger partial charge < -0.3 is 19.1 Å². The summed E-state index contributed by atoms with van der Waals surface area (Å²) in [4.78, 5) is 21.7. The van der Waals surface area contributed by atoms with Crippen LogP contribution in [0, 0.1) is 101 Å². The monoisotopic (exact) mass is 1150 g/mol. The zero-order chi connectivity index (χ0) is 55.1. The zero-order valence-corrected chi connectivity index (χ0v) is 48.1. The molecule has 78 heavy (non-hydrogen) atoms. The molecule has 2 fully saturated rings. The van der Waals surface area contributed by atoms with E-state index in [-0.39, 0.29) is 46.5 Å². The maximum absolute atomic E-state index is 11.3. The van der Waals surface area contributed by atoms with E-state index in [1.54, 1.807) is 25.5 Å².